The number of benzene rings is 1. The Kier molecular flexibility index (Phi) is 4.92. The van der Waals surface area contributed by atoms with Crippen LogP contribution in [0.15, 0.2) is 24.3 Å². The number of nitrogens with one attached hydrogen (secondary N) is 1. The molecule has 0 heterocycles. The number of hydrogen-bond donors (Lipinski definition) is 1. The van der Waals surface area contributed by atoms with E-state index in [0.717, 1.165) is 23.3 Å². The zero-order valence-corrected chi connectivity index (χ0v) is 16.7. The molecule has 4 saturated carbocycles. The summed E-state index contributed by atoms with van der Waals surface area (Å²) < 4.78 is 10.6. The molecule has 1 atom stereocenters. The first-order valence-electron chi connectivity index (χ1n) is 10.2. The maximum Gasteiger partial charge on any atom is 0.244 e. The summed E-state index contributed by atoms with van der Waals surface area (Å²) in [5, 5.41) is 3.28. The molecule has 0 spiro atoms. The molecule has 4 nitrogen and oxygen atoms in total. The summed E-state index contributed by atoms with van der Waals surface area (Å²) in [5.41, 5.74) is 1.26. The fraction of sp³-hybridized carbons (Fsp3) is 0.609. The Bertz CT molecular complexity index is 704. The average molecular weight is 370 g/mol. The normalized spacial score (nSPS) is 32.5. The first-order chi connectivity index (χ1) is 13.0. The number of amides is 1. The molecule has 0 radical (unpaired) electrons. The van der Waals surface area contributed by atoms with Crippen LogP contribution in [-0.2, 0) is 4.79 Å². The van der Waals surface area contributed by atoms with E-state index in [9.17, 15) is 4.79 Å². The Hall–Kier alpha value is -1.97. The van der Waals surface area contributed by atoms with Crippen molar-refractivity contribution in [3.8, 4) is 11.5 Å². The summed E-state index contributed by atoms with van der Waals surface area (Å²) in [5.74, 6) is 4.05. The highest BCUT2D eigenvalue weighted by Crippen LogP contribution is 2.61. The predicted octanol–water partition coefficient (Wildman–Crippen LogP) is 4.44. The van der Waals surface area contributed by atoms with Crippen LogP contribution in [-0.4, -0.2) is 26.2 Å². The van der Waals surface area contributed by atoms with Gasteiger partial charge in [0.1, 0.15) is 0 Å². The Balaban J connectivity index is 1.40. The van der Waals surface area contributed by atoms with Gasteiger partial charge in [-0.2, -0.15) is 0 Å². The molecule has 1 aromatic rings. The number of hydrogen-bond acceptors (Lipinski definition) is 3. The maximum atomic E-state index is 12.5. The Morgan fingerprint density at radius 3 is 2.22 bits per heavy atom. The van der Waals surface area contributed by atoms with Gasteiger partial charge in [-0.3, -0.25) is 4.79 Å². The topological polar surface area (TPSA) is 47.6 Å². The lowest BCUT2D eigenvalue weighted by Crippen LogP contribution is -2.55. The van der Waals surface area contributed by atoms with E-state index in [0.29, 0.717) is 16.9 Å². The lowest BCUT2D eigenvalue weighted by atomic mass is 9.48. The highest BCUT2D eigenvalue weighted by molar-refractivity contribution is 5.92. The number of methoxy groups -OCH3 is 2. The molecule has 0 aliphatic heterocycles. The van der Waals surface area contributed by atoms with Crippen molar-refractivity contribution >= 4 is 12.0 Å². The second kappa shape index (κ2) is 7.21. The van der Waals surface area contributed by atoms with E-state index in [2.05, 4.69) is 12.2 Å². The summed E-state index contributed by atoms with van der Waals surface area (Å²) >= 11 is 0. The monoisotopic (exact) mass is 369 g/mol. The quantitative estimate of drug-likeness (QED) is 0.754. The summed E-state index contributed by atoms with van der Waals surface area (Å²) in [6, 6.07) is 5.90. The molecule has 0 saturated heterocycles. The first-order valence-corrected chi connectivity index (χ1v) is 10.2. The maximum absolute atomic E-state index is 12.5. The molecule has 4 bridgehead atoms. The van der Waals surface area contributed by atoms with E-state index in [1.807, 2.05) is 24.3 Å². The molecule has 4 aliphatic rings. The van der Waals surface area contributed by atoms with Gasteiger partial charge in [-0.25, -0.2) is 0 Å². The third-order valence-corrected chi connectivity index (χ3v) is 7.20. The minimum absolute atomic E-state index is 0.00645. The molecule has 27 heavy (non-hydrogen) atoms. The third-order valence-electron chi connectivity index (χ3n) is 7.20. The van der Waals surface area contributed by atoms with Crippen molar-refractivity contribution in [1.29, 1.82) is 0 Å². The van der Waals surface area contributed by atoms with Crippen LogP contribution in [0.1, 0.15) is 51.0 Å². The van der Waals surface area contributed by atoms with Gasteiger partial charge in [-0.05, 0) is 92.4 Å². The van der Waals surface area contributed by atoms with Crippen molar-refractivity contribution in [2.45, 2.75) is 51.5 Å². The Morgan fingerprint density at radius 2 is 1.67 bits per heavy atom. The van der Waals surface area contributed by atoms with Crippen LogP contribution in [0.25, 0.3) is 6.08 Å². The molecular formula is C23H31NO3. The van der Waals surface area contributed by atoms with Gasteiger partial charge in [-0.15, -0.1) is 0 Å². The molecule has 4 fully saturated rings. The summed E-state index contributed by atoms with van der Waals surface area (Å²) in [6.07, 6.45) is 11.7. The summed E-state index contributed by atoms with van der Waals surface area (Å²) in [4.78, 5) is 12.5. The summed E-state index contributed by atoms with van der Waals surface area (Å²) in [6.45, 7) is 2.22. The highest BCUT2D eigenvalue weighted by atomic mass is 16.5. The van der Waals surface area contributed by atoms with Gasteiger partial charge in [0.25, 0.3) is 0 Å². The minimum Gasteiger partial charge on any atom is -0.493 e. The van der Waals surface area contributed by atoms with E-state index in [1.54, 1.807) is 20.3 Å². The number of rotatable bonds is 6. The molecule has 146 valence electrons. The van der Waals surface area contributed by atoms with Crippen molar-refractivity contribution in [3.05, 3.63) is 29.8 Å². The molecule has 0 aromatic heterocycles. The molecule has 4 aliphatic carbocycles. The van der Waals surface area contributed by atoms with E-state index in [1.165, 1.54) is 38.5 Å². The number of ether oxygens (including phenoxy) is 2. The standard InChI is InChI=1S/C23H31NO3/c1-15(23-12-17-8-18(13-23)10-19(9-17)14-23)24-22(25)7-5-16-4-6-20(26-2)21(11-16)27-3/h4-7,11,15,17-19H,8-10,12-14H2,1-3H3,(H,24,25). The van der Waals surface area contributed by atoms with Gasteiger partial charge in [0, 0.05) is 12.1 Å². The SMILES string of the molecule is COc1ccc(C=CC(=O)NC(C)C23CC4CC(CC(C4)C2)C3)cc1OC. The van der Waals surface area contributed by atoms with Crippen molar-refractivity contribution < 1.29 is 14.3 Å². The molecule has 1 N–H and O–H groups in total. The molecule has 4 heteroatoms. The molecule has 1 amide bonds. The van der Waals surface area contributed by atoms with E-state index in [-0.39, 0.29) is 11.9 Å². The number of carbonyl (C=O) groups excluding carboxylic acids is 1. The van der Waals surface area contributed by atoms with Gasteiger partial charge < -0.3 is 14.8 Å². The highest BCUT2D eigenvalue weighted by Gasteiger charge is 2.53. The van der Waals surface area contributed by atoms with E-state index < -0.39 is 0 Å². The first kappa shape index (κ1) is 18.4. The van der Waals surface area contributed by atoms with E-state index in [4.69, 9.17) is 9.47 Å². The smallest absolute Gasteiger partial charge is 0.244 e. The molecular weight excluding hydrogens is 338 g/mol. The largest absolute Gasteiger partial charge is 0.493 e. The fourth-order valence-corrected chi connectivity index (χ4v) is 6.25. The van der Waals surface area contributed by atoms with Crippen LogP contribution in [0, 0.1) is 23.2 Å². The Labute approximate surface area is 162 Å². The van der Waals surface area contributed by atoms with Crippen LogP contribution < -0.4 is 14.8 Å². The molecule has 1 aromatic carbocycles. The summed E-state index contributed by atoms with van der Waals surface area (Å²) in [7, 11) is 3.23. The van der Waals surface area contributed by atoms with Crippen LogP contribution in [0.2, 0.25) is 0 Å². The van der Waals surface area contributed by atoms with Gasteiger partial charge in [0.05, 0.1) is 14.2 Å². The van der Waals surface area contributed by atoms with Crippen LogP contribution in [0.3, 0.4) is 0 Å². The van der Waals surface area contributed by atoms with Gasteiger partial charge >= 0.3 is 0 Å². The van der Waals surface area contributed by atoms with Gasteiger partial charge in [0.15, 0.2) is 11.5 Å². The van der Waals surface area contributed by atoms with Crippen molar-refractivity contribution in [3.63, 3.8) is 0 Å². The van der Waals surface area contributed by atoms with Crippen LogP contribution in [0.5, 0.6) is 11.5 Å². The third kappa shape index (κ3) is 3.59. The number of carbonyl (C=O) groups is 1. The zero-order valence-electron chi connectivity index (χ0n) is 16.7. The van der Waals surface area contributed by atoms with Crippen molar-refractivity contribution in [2.24, 2.45) is 23.2 Å². The lowest BCUT2D eigenvalue weighted by molar-refractivity contribution is -0.121. The molecule has 1 unspecified atom stereocenters. The predicted molar refractivity (Wildman–Crippen MR) is 107 cm³/mol. The average Bonchev–Trinajstić information content (AvgIpc) is 2.65. The van der Waals surface area contributed by atoms with Gasteiger partial charge in [-0.1, -0.05) is 6.07 Å². The van der Waals surface area contributed by atoms with Crippen molar-refractivity contribution in [1.82, 2.24) is 5.32 Å². The van der Waals surface area contributed by atoms with Gasteiger partial charge in [0.2, 0.25) is 5.91 Å². The molecule has 5 rings (SSSR count). The second-order valence-corrected chi connectivity index (χ2v) is 8.96. The van der Waals surface area contributed by atoms with Crippen LogP contribution in [0.4, 0.5) is 0 Å². The Morgan fingerprint density at radius 1 is 1.07 bits per heavy atom. The minimum atomic E-state index is -0.00645. The lowest BCUT2D eigenvalue weighted by Gasteiger charge is -2.59. The van der Waals surface area contributed by atoms with E-state index >= 15 is 0 Å². The van der Waals surface area contributed by atoms with Crippen molar-refractivity contribution in [2.75, 3.05) is 14.2 Å². The second-order valence-electron chi connectivity index (χ2n) is 8.96. The zero-order chi connectivity index (χ0) is 19.0. The fourth-order valence-electron chi connectivity index (χ4n) is 6.25. The van der Waals surface area contributed by atoms with Crippen LogP contribution >= 0.6 is 0 Å².